The minimum absolute atomic E-state index is 0.0699. The molecule has 0 bridgehead atoms. The highest BCUT2D eigenvalue weighted by molar-refractivity contribution is 7.87. The fraction of sp³-hybridized carbons (Fsp3) is 0.235. The van der Waals surface area contributed by atoms with E-state index < -0.39 is 15.9 Å². The normalized spacial score (nSPS) is 11.3. The van der Waals surface area contributed by atoms with Gasteiger partial charge in [-0.25, -0.2) is 4.39 Å². The zero-order valence-corrected chi connectivity index (χ0v) is 13.7. The van der Waals surface area contributed by atoms with Crippen LogP contribution in [0.2, 0.25) is 0 Å². The summed E-state index contributed by atoms with van der Waals surface area (Å²) in [6, 6.07) is 9.89. The van der Waals surface area contributed by atoms with E-state index in [1.54, 1.807) is 12.1 Å². The Morgan fingerprint density at radius 3 is 2.35 bits per heavy atom. The van der Waals surface area contributed by atoms with E-state index in [4.69, 9.17) is 4.18 Å². The summed E-state index contributed by atoms with van der Waals surface area (Å²) in [7, 11) is -4.02. The molecule has 2 aromatic rings. The van der Waals surface area contributed by atoms with Gasteiger partial charge in [0.2, 0.25) is 0 Å². The molecule has 0 aromatic heterocycles. The monoisotopic (exact) mass is 336 g/mol. The number of carbonyl (C=O) groups is 1. The third-order valence-electron chi connectivity index (χ3n) is 3.30. The molecule has 0 saturated carbocycles. The maximum Gasteiger partial charge on any atom is 0.339 e. The lowest BCUT2D eigenvalue weighted by Gasteiger charge is -2.10. The summed E-state index contributed by atoms with van der Waals surface area (Å²) in [6.45, 7) is 3.03. The molecule has 0 unspecified atom stereocenters. The quantitative estimate of drug-likeness (QED) is 0.758. The molecule has 0 radical (unpaired) electrons. The van der Waals surface area contributed by atoms with Crippen LogP contribution in [0.1, 0.15) is 24.5 Å². The lowest BCUT2D eigenvalue weighted by atomic mass is 10.1. The molecule has 4 nitrogen and oxygen atoms in total. The van der Waals surface area contributed by atoms with Crippen LogP contribution in [-0.4, -0.2) is 14.2 Å². The van der Waals surface area contributed by atoms with Gasteiger partial charge < -0.3 is 8.98 Å². The number of rotatable bonds is 6. The average Bonchev–Trinajstić information content (AvgIpc) is 2.45. The summed E-state index contributed by atoms with van der Waals surface area (Å²) in [4.78, 5) is 10.9. The molecule has 6 heteroatoms. The van der Waals surface area contributed by atoms with Crippen molar-refractivity contribution in [3.8, 4) is 5.75 Å². The van der Waals surface area contributed by atoms with Gasteiger partial charge in [-0.05, 0) is 61.7 Å². The molecular formula is C17H17FO4S. The predicted molar refractivity (Wildman–Crippen MR) is 84.4 cm³/mol. The molecule has 0 spiro atoms. The molecule has 0 aliphatic heterocycles. The summed E-state index contributed by atoms with van der Waals surface area (Å²) in [5.74, 6) is -0.240. The first kappa shape index (κ1) is 17.1. The Morgan fingerprint density at radius 2 is 1.78 bits per heavy atom. The van der Waals surface area contributed by atoms with Crippen LogP contribution >= 0.6 is 0 Å². The molecule has 122 valence electrons. The van der Waals surface area contributed by atoms with Gasteiger partial charge in [-0.2, -0.15) is 8.42 Å². The SMILES string of the molecule is CC(=O)CCc1ccc(OS(=O)(=O)c2ccc(F)cc2C)cc1. The number of ketones is 1. The molecule has 0 aliphatic carbocycles. The highest BCUT2D eigenvalue weighted by atomic mass is 32.2. The van der Waals surface area contributed by atoms with Crippen molar-refractivity contribution in [3.05, 3.63) is 59.4 Å². The highest BCUT2D eigenvalue weighted by Gasteiger charge is 2.19. The maximum atomic E-state index is 13.1. The molecule has 2 aromatic carbocycles. The summed E-state index contributed by atoms with van der Waals surface area (Å²) in [5.41, 5.74) is 1.20. The molecular weight excluding hydrogens is 319 g/mol. The molecule has 0 aliphatic rings. The predicted octanol–water partition coefficient (Wildman–Crippen LogP) is 3.42. The second-order valence-electron chi connectivity index (χ2n) is 5.29. The van der Waals surface area contributed by atoms with Crippen LogP contribution in [0, 0.1) is 12.7 Å². The van der Waals surface area contributed by atoms with Crippen molar-refractivity contribution in [2.75, 3.05) is 0 Å². The number of benzene rings is 2. The Hall–Kier alpha value is -2.21. The number of Topliss-reactive ketones (excluding diaryl/α,β-unsaturated/α-hetero) is 1. The van der Waals surface area contributed by atoms with Crippen molar-refractivity contribution in [1.82, 2.24) is 0 Å². The van der Waals surface area contributed by atoms with Crippen molar-refractivity contribution in [1.29, 1.82) is 0 Å². The van der Waals surface area contributed by atoms with E-state index in [2.05, 4.69) is 0 Å². The Labute approximate surface area is 135 Å². The van der Waals surface area contributed by atoms with Crippen LogP contribution in [0.15, 0.2) is 47.4 Å². The van der Waals surface area contributed by atoms with E-state index in [0.717, 1.165) is 17.7 Å². The summed E-state index contributed by atoms with van der Waals surface area (Å²) >= 11 is 0. The number of hydrogen-bond donors (Lipinski definition) is 0. The topological polar surface area (TPSA) is 60.4 Å². The van der Waals surface area contributed by atoms with Crippen LogP contribution in [0.5, 0.6) is 5.75 Å². The van der Waals surface area contributed by atoms with Crippen LogP contribution < -0.4 is 4.18 Å². The summed E-state index contributed by atoms with van der Waals surface area (Å²) in [5, 5.41) is 0. The first-order chi connectivity index (χ1) is 10.8. The van der Waals surface area contributed by atoms with Gasteiger partial charge in [0.25, 0.3) is 0 Å². The fourth-order valence-electron chi connectivity index (χ4n) is 2.10. The van der Waals surface area contributed by atoms with E-state index in [1.165, 1.54) is 32.0 Å². The molecule has 0 saturated heterocycles. The molecule has 0 N–H and O–H groups in total. The Morgan fingerprint density at radius 1 is 1.13 bits per heavy atom. The minimum Gasteiger partial charge on any atom is -0.379 e. The summed E-state index contributed by atoms with van der Waals surface area (Å²) < 4.78 is 42.6. The molecule has 0 fully saturated rings. The Bertz CT molecular complexity index is 811. The maximum absolute atomic E-state index is 13.1. The lowest BCUT2D eigenvalue weighted by molar-refractivity contribution is -0.116. The van der Waals surface area contributed by atoms with Gasteiger partial charge in [0.05, 0.1) is 0 Å². The van der Waals surface area contributed by atoms with Crippen molar-refractivity contribution in [3.63, 3.8) is 0 Å². The molecule has 0 heterocycles. The van der Waals surface area contributed by atoms with Gasteiger partial charge in [-0.3, -0.25) is 0 Å². The van der Waals surface area contributed by atoms with Gasteiger partial charge in [0.1, 0.15) is 22.2 Å². The lowest BCUT2D eigenvalue weighted by Crippen LogP contribution is -2.11. The standard InChI is InChI=1S/C17H17FO4S/c1-12-11-15(18)7-10-17(12)23(20,21)22-16-8-5-14(6-9-16)4-3-13(2)19/h5-11H,3-4H2,1-2H3. The van der Waals surface area contributed by atoms with Gasteiger partial charge in [0, 0.05) is 6.42 Å². The minimum atomic E-state index is -4.02. The first-order valence-corrected chi connectivity index (χ1v) is 8.48. The fourth-order valence-corrected chi connectivity index (χ4v) is 3.24. The van der Waals surface area contributed by atoms with Crippen molar-refractivity contribution < 1.29 is 21.8 Å². The van der Waals surface area contributed by atoms with Crippen LogP contribution in [-0.2, 0) is 21.3 Å². The van der Waals surface area contributed by atoms with E-state index in [-0.39, 0.29) is 22.0 Å². The second kappa shape index (κ2) is 6.91. The van der Waals surface area contributed by atoms with Gasteiger partial charge in [0.15, 0.2) is 0 Å². The molecule has 2 rings (SSSR count). The third-order valence-corrected chi connectivity index (χ3v) is 4.71. The van der Waals surface area contributed by atoms with Crippen LogP contribution in [0.4, 0.5) is 4.39 Å². The van der Waals surface area contributed by atoms with Crippen LogP contribution in [0.3, 0.4) is 0 Å². The number of halogens is 1. The largest absolute Gasteiger partial charge is 0.379 e. The van der Waals surface area contributed by atoms with Crippen LogP contribution in [0.25, 0.3) is 0 Å². The molecule has 0 amide bonds. The van der Waals surface area contributed by atoms with E-state index >= 15 is 0 Å². The summed E-state index contributed by atoms with van der Waals surface area (Å²) in [6.07, 6.45) is 1.03. The third kappa shape index (κ3) is 4.63. The zero-order chi connectivity index (χ0) is 17.0. The zero-order valence-electron chi connectivity index (χ0n) is 12.9. The van der Waals surface area contributed by atoms with Crippen molar-refractivity contribution >= 4 is 15.9 Å². The molecule has 23 heavy (non-hydrogen) atoms. The van der Waals surface area contributed by atoms with Gasteiger partial charge in [-0.1, -0.05) is 12.1 Å². The first-order valence-electron chi connectivity index (χ1n) is 7.07. The van der Waals surface area contributed by atoms with E-state index in [1.807, 2.05) is 0 Å². The highest BCUT2D eigenvalue weighted by Crippen LogP contribution is 2.22. The van der Waals surface area contributed by atoms with E-state index in [9.17, 15) is 17.6 Å². The molecule has 0 atom stereocenters. The van der Waals surface area contributed by atoms with E-state index in [0.29, 0.717) is 12.8 Å². The van der Waals surface area contributed by atoms with Crippen molar-refractivity contribution in [2.45, 2.75) is 31.6 Å². The Balaban J connectivity index is 2.15. The second-order valence-corrected chi connectivity index (χ2v) is 6.81. The van der Waals surface area contributed by atoms with Gasteiger partial charge in [-0.15, -0.1) is 0 Å². The average molecular weight is 336 g/mol. The Kier molecular flexibility index (Phi) is 5.15. The van der Waals surface area contributed by atoms with Crippen molar-refractivity contribution in [2.24, 2.45) is 0 Å². The number of carbonyl (C=O) groups excluding carboxylic acids is 1. The smallest absolute Gasteiger partial charge is 0.339 e. The number of hydrogen-bond acceptors (Lipinski definition) is 4. The van der Waals surface area contributed by atoms with Gasteiger partial charge >= 0.3 is 10.1 Å². The number of aryl methyl sites for hydroxylation is 2.